The van der Waals surface area contributed by atoms with Gasteiger partial charge in [-0.15, -0.1) is 0 Å². The molecule has 0 spiro atoms. The minimum absolute atomic E-state index is 0.0134. The molecule has 3 rings (SSSR count). The first kappa shape index (κ1) is 19.5. The van der Waals surface area contributed by atoms with Gasteiger partial charge in [0.05, 0.1) is 12.3 Å². The van der Waals surface area contributed by atoms with Crippen LogP contribution in [0.4, 0.5) is 11.4 Å². The third kappa shape index (κ3) is 5.62. The van der Waals surface area contributed by atoms with E-state index in [1.807, 2.05) is 49.4 Å². The molecule has 1 saturated heterocycles. The molecule has 1 N–H and O–H groups in total. The van der Waals surface area contributed by atoms with E-state index in [9.17, 15) is 4.79 Å². The summed E-state index contributed by atoms with van der Waals surface area (Å²) in [5, 5.41) is 3.72. The number of ether oxygens (including phenoxy) is 1. The van der Waals surface area contributed by atoms with Gasteiger partial charge >= 0.3 is 0 Å². The summed E-state index contributed by atoms with van der Waals surface area (Å²) in [5.74, 6) is 0.725. The van der Waals surface area contributed by atoms with Crippen LogP contribution >= 0.6 is 11.6 Å². The van der Waals surface area contributed by atoms with Crippen molar-refractivity contribution in [2.24, 2.45) is 0 Å². The van der Waals surface area contributed by atoms with E-state index in [0.717, 1.165) is 49.1 Å². The molecule has 144 valence electrons. The first-order valence-corrected chi connectivity index (χ1v) is 9.78. The van der Waals surface area contributed by atoms with E-state index in [0.29, 0.717) is 18.8 Å². The van der Waals surface area contributed by atoms with Crippen LogP contribution in [-0.2, 0) is 4.79 Å². The summed E-state index contributed by atoms with van der Waals surface area (Å²) >= 11 is 6.08. The number of halogens is 1. The van der Waals surface area contributed by atoms with E-state index < -0.39 is 0 Å². The number of amides is 1. The average molecular weight is 388 g/mol. The van der Waals surface area contributed by atoms with Crippen molar-refractivity contribution in [3.63, 3.8) is 0 Å². The van der Waals surface area contributed by atoms with Crippen molar-refractivity contribution in [1.82, 2.24) is 4.90 Å². The van der Waals surface area contributed by atoms with Gasteiger partial charge in [-0.25, -0.2) is 0 Å². The van der Waals surface area contributed by atoms with Crippen molar-refractivity contribution >= 4 is 28.9 Å². The van der Waals surface area contributed by atoms with Gasteiger partial charge < -0.3 is 15.0 Å². The number of anilines is 2. The van der Waals surface area contributed by atoms with Crippen LogP contribution < -0.4 is 15.0 Å². The molecule has 0 atom stereocenters. The Balaban J connectivity index is 1.44. The summed E-state index contributed by atoms with van der Waals surface area (Å²) in [5.41, 5.74) is 1.89. The lowest BCUT2D eigenvalue weighted by atomic mass is 10.2. The Morgan fingerprint density at radius 1 is 1.11 bits per heavy atom. The fraction of sp³-hybridized carbons (Fsp3) is 0.381. The van der Waals surface area contributed by atoms with E-state index >= 15 is 0 Å². The van der Waals surface area contributed by atoms with Crippen molar-refractivity contribution in [2.45, 2.75) is 13.3 Å². The van der Waals surface area contributed by atoms with E-state index in [-0.39, 0.29) is 5.91 Å². The molecule has 0 saturated carbocycles. The topological polar surface area (TPSA) is 44.8 Å². The van der Waals surface area contributed by atoms with Crippen molar-refractivity contribution in [2.75, 3.05) is 49.5 Å². The lowest BCUT2D eigenvalue weighted by molar-refractivity contribution is -0.116. The number of rotatable bonds is 7. The fourth-order valence-electron chi connectivity index (χ4n) is 3.23. The number of nitrogens with one attached hydrogen (secondary N) is 1. The van der Waals surface area contributed by atoms with Crippen molar-refractivity contribution in [3.05, 3.63) is 53.6 Å². The van der Waals surface area contributed by atoms with Gasteiger partial charge in [0, 0.05) is 49.9 Å². The molecule has 2 aromatic rings. The Morgan fingerprint density at radius 2 is 1.89 bits per heavy atom. The van der Waals surface area contributed by atoms with Crippen molar-refractivity contribution in [3.8, 4) is 5.75 Å². The van der Waals surface area contributed by atoms with Crippen molar-refractivity contribution < 1.29 is 9.53 Å². The second-order valence-electron chi connectivity index (χ2n) is 6.54. The van der Waals surface area contributed by atoms with Gasteiger partial charge in [0.25, 0.3) is 0 Å². The Labute approximate surface area is 165 Å². The van der Waals surface area contributed by atoms with Crippen LogP contribution in [0, 0.1) is 0 Å². The number of benzene rings is 2. The van der Waals surface area contributed by atoms with Gasteiger partial charge in [-0.2, -0.15) is 0 Å². The minimum Gasteiger partial charge on any atom is -0.492 e. The quantitative estimate of drug-likeness (QED) is 0.782. The zero-order valence-electron chi connectivity index (χ0n) is 15.7. The number of para-hydroxylation sites is 2. The van der Waals surface area contributed by atoms with Crippen LogP contribution in [0.1, 0.15) is 13.3 Å². The molecule has 0 radical (unpaired) electrons. The molecule has 0 bridgehead atoms. The maximum absolute atomic E-state index is 12.3. The monoisotopic (exact) mass is 387 g/mol. The van der Waals surface area contributed by atoms with E-state index in [4.69, 9.17) is 16.3 Å². The number of hydrogen-bond acceptors (Lipinski definition) is 4. The number of carbonyl (C=O) groups is 1. The molecule has 1 fully saturated rings. The zero-order valence-corrected chi connectivity index (χ0v) is 16.4. The first-order valence-electron chi connectivity index (χ1n) is 9.40. The molecule has 0 unspecified atom stereocenters. The summed E-state index contributed by atoms with van der Waals surface area (Å²) in [7, 11) is 0. The summed E-state index contributed by atoms with van der Waals surface area (Å²) in [6.07, 6.45) is 0.470. The van der Waals surface area contributed by atoms with E-state index in [1.54, 1.807) is 0 Å². The van der Waals surface area contributed by atoms with Gasteiger partial charge in [0.15, 0.2) is 0 Å². The highest BCUT2D eigenvalue weighted by molar-refractivity contribution is 6.30. The summed E-state index contributed by atoms with van der Waals surface area (Å²) < 4.78 is 5.55. The smallest absolute Gasteiger partial charge is 0.225 e. The number of piperazine rings is 1. The molecule has 0 aliphatic carbocycles. The van der Waals surface area contributed by atoms with Crippen LogP contribution in [0.15, 0.2) is 48.5 Å². The van der Waals surface area contributed by atoms with Gasteiger partial charge in [-0.3, -0.25) is 9.69 Å². The Kier molecular flexibility index (Phi) is 6.96. The molecule has 1 aliphatic rings. The zero-order chi connectivity index (χ0) is 19.1. The maximum atomic E-state index is 12.3. The predicted molar refractivity (Wildman–Crippen MR) is 111 cm³/mol. The SMILES string of the molecule is CCOc1ccccc1NC(=O)CCN1CCN(c2cccc(Cl)c2)CC1. The first-order chi connectivity index (χ1) is 13.2. The highest BCUT2D eigenvalue weighted by Crippen LogP contribution is 2.24. The van der Waals surface area contributed by atoms with Crippen LogP contribution in [0.2, 0.25) is 5.02 Å². The lowest BCUT2D eigenvalue weighted by Crippen LogP contribution is -2.47. The van der Waals surface area contributed by atoms with Gasteiger partial charge in [0.2, 0.25) is 5.91 Å². The molecule has 0 aromatic heterocycles. The van der Waals surface area contributed by atoms with Crippen LogP contribution in [0.25, 0.3) is 0 Å². The molecule has 5 nitrogen and oxygen atoms in total. The fourth-order valence-corrected chi connectivity index (χ4v) is 3.41. The highest BCUT2D eigenvalue weighted by atomic mass is 35.5. The largest absolute Gasteiger partial charge is 0.492 e. The third-order valence-corrected chi connectivity index (χ3v) is 4.90. The number of hydrogen-bond donors (Lipinski definition) is 1. The van der Waals surface area contributed by atoms with Crippen LogP contribution in [0.5, 0.6) is 5.75 Å². The van der Waals surface area contributed by atoms with Crippen molar-refractivity contribution in [1.29, 1.82) is 0 Å². The molecule has 27 heavy (non-hydrogen) atoms. The second kappa shape index (κ2) is 9.62. The third-order valence-electron chi connectivity index (χ3n) is 4.66. The predicted octanol–water partition coefficient (Wildman–Crippen LogP) is 3.89. The maximum Gasteiger partial charge on any atom is 0.225 e. The number of nitrogens with zero attached hydrogens (tertiary/aromatic N) is 2. The molecule has 1 aliphatic heterocycles. The number of carbonyl (C=O) groups excluding carboxylic acids is 1. The Morgan fingerprint density at radius 3 is 2.63 bits per heavy atom. The lowest BCUT2D eigenvalue weighted by Gasteiger charge is -2.36. The summed E-state index contributed by atoms with van der Waals surface area (Å²) in [4.78, 5) is 17.0. The van der Waals surface area contributed by atoms with Crippen LogP contribution in [-0.4, -0.2) is 50.1 Å². The Bertz CT molecular complexity index is 761. The summed E-state index contributed by atoms with van der Waals surface area (Å²) in [6, 6.07) is 15.5. The summed E-state index contributed by atoms with van der Waals surface area (Å²) in [6.45, 7) is 7.02. The van der Waals surface area contributed by atoms with E-state index in [2.05, 4.69) is 21.2 Å². The highest BCUT2D eigenvalue weighted by Gasteiger charge is 2.18. The average Bonchev–Trinajstić information content (AvgIpc) is 2.68. The molecular weight excluding hydrogens is 362 g/mol. The molecule has 1 amide bonds. The van der Waals surface area contributed by atoms with Gasteiger partial charge in [0.1, 0.15) is 5.75 Å². The van der Waals surface area contributed by atoms with Crippen LogP contribution in [0.3, 0.4) is 0 Å². The van der Waals surface area contributed by atoms with Gasteiger partial charge in [-0.05, 0) is 37.3 Å². The standard InChI is InChI=1S/C21H26ClN3O2/c1-2-27-20-9-4-3-8-19(20)23-21(26)10-11-24-12-14-25(15-13-24)18-7-5-6-17(22)16-18/h3-9,16H,2,10-15H2,1H3,(H,23,26). The molecule has 1 heterocycles. The van der Waals surface area contributed by atoms with E-state index in [1.165, 1.54) is 0 Å². The second-order valence-corrected chi connectivity index (χ2v) is 6.97. The minimum atomic E-state index is 0.0134. The molecular formula is C21H26ClN3O2. The normalized spacial score (nSPS) is 14.8. The van der Waals surface area contributed by atoms with Gasteiger partial charge in [-0.1, -0.05) is 29.8 Å². The molecule has 6 heteroatoms. The molecule has 2 aromatic carbocycles. The Hall–Kier alpha value is -2.24.